The Balaban J connectivity index is 1.42. The lowest BCUT2D eigenvalue weighted by Crippen LogP contribution is -2.44. The second-order valence-corrected chi connectivity index (χ2v) is 12.3. The third-order valence-corrected chi connectivity index (χ3v) is 8.51. The molecule has 0 radical (unpaired) electrons. The molecule has 13 heteroatoms. The largest absolute Gasteiger partial charge is 0.486 e. The molecule has 2 N–H and O–H groups in total. The molecule has 11 nitrogen and oxygen atoms in total. The lowest BCUT2D eigenvalue weighted by atomic mass is 10.1. The number of hydrogen-bond donors (Lipinski definition) is 2. The first-order valence-corrected chi connectivity index (χ1v) is 15.4. The summed E-state index contributed by atoms with van der Waals surface area (Å²) in [4.78, 5) is 13.7. The minimum Gasteiger partial charge on any atom is -0.486 e. The van der Waals surface area contributed by atoms with Crippen LogP contribution in [-0.2, 0) is 16.4 Å². The number of ether oxygens (including phenoxy) is 2. The maximum absolute atomic E-state index is 12.5. The van der Waals surface area contributed by atoms with Gasteiger partial charge >= 0.3 is 0 Å². The van der Waals surface area contributed by atoms with E-state index in [1.54, 1.807) is 12.1 Å². The SMILES string of the molecule is CCc1cc(Nc2ncc(Cl)c(Nc3ccc4c(c3N(C)S(C)(=O)=O)OCCO4)n2)ccc1N1CCN(C)CC1. The lowest BCUT2D eigenvalue weighted by molar-refractivity contribution is 0.172. The summed E-state index contributed by atoms with van der Waals surface area (Å²) in [5, 5.41) is 6.73. The molecule has 5 rings (SSSR count). The van der Waals surface area contributed by atoms with Crippen LogP contribution in [0, 0.1) is 0 Å². The van der Waals surface area contributed by atoms with Gasteiger partial charge < -0.3 is 29.9 Å². The number of sulfonamides is 1. The number of aryl methyl sites for hydroxylation is 1. The molecule has 0 unspecified atom stereocenters. The molecule has 0 spiro atoms. The van der Waals surface area contributed by atoms with Crippen LogP contribution in [0.4, 0.5) is 34.5 Å². The number of benzene rings is 2. The van der Waals surface area contributed by atoms with Crippen molar-refractivity contribution in [1.29, 1.82) is 0 Å². The molecule has 214 valence electrons. The molecule has 1 aromatic heterocycles. The zero-order valence-electron chi connectivity index (χ0n) is 23.1. The van der Waals surface area contributed by atoms with Gasteiger partial charge in [-0.2, -0.15) is 4.98 Å². The highest BCUT2D eigenvalue weighted by Gasteiger charge is 2.27. The summed E-state index contributed by atoms with van der Waals surface area (Å²) in [5.41, 5.74) is 4.09. The minimum atomic E-state index is -3.61. The highest BCUT2D eigenvalue weighted by molar-refractivity contribution is 7.92. The van der Waals surface area contributed by atoms with Gasteiger partial charge in [-0.25, -0.2) is 13.4 Å². The van der Waals surface area contributed by atoms with Crippen molar-refractivity contribution in [1.82, 2.24) is 14.9 Å². The first kappa shape index (κ1) is 28.1. The zero-order chi connectivity index (χ0) is 28.4. The van der Waals surface area contributed by atoms with Gasteiger partial charge in [-0.3, -0.25) is 4.31 Å². The topological polar surface area (TPSA) is 112 Å². The van der Waals surface area contributed by atoms with E-state index in [-0.39, 0.29) is 5.02 Å². The molecule has 0 bridgehead atoms. The maximum atomic E-state index is 12.5. The highest BCUT2D eigenvalue weighted by atomic mass is 35.5. The lowest BCUT2D eigenvalue weighted by Gasteiger charge is -2.35. The quantitative estimate of drug-likeness (QED) is 0.399. The van der Waals surface area contributed by atoms with E-state index in [9.17, 15) is 8.42 Å². The highest BCUT2D eigenvalue weighted by Crippen LogP contribution is 2.46. The van der Waals surface area contributed by atoms with Gasteiger partial charge in [0, 0.05) is 44.6 Å². The van der Waals surface area contributed by atoms with E-state index in [2.05, 4.69) is 56.5 Å². The van der Waals surface area contributed by atoms with Gasteiger partial charge in [0.05, 0.1) is 18.1 Å². The number of anilines is 6. The fourth-order valence-corrected chi connectivity index (χ4v) is 5.41. The number of halogens is 1. The molecule has 2 aliphatic rings. The van der Waals surface area contributed by atoms with Crippen molar-refractivity contribution in [2.75, 3.05) is 79.6 Å². The predicted octanol–water partition coefficient (Wildman–Crippen LogP) is 4.10. The van der Waals surface area contributed by atoms with Gasteiger partial charge in [0.15, 0.2) is 17.3 Å². The standard InChI is InChI=1S/C27H34ClN7O4S/c1-5-18-16-19(6-8-22(18)35-12-10-33(2)11-13-35)30-27-29-17-20(28)26(32-27)31-21-7-9-23-25(39-15-14-38-23)24(21)34(3)40(4,36)37/h6-9,16-17H,5,10-15H2,1-4H3,(H2,29,30,31,32). The number of rotatable bonds is 8. The smallest absolute Gasteiger partial charge is 0.232 e. The third kappa shape index (κ3) is 5.98. The average molecular weight is 588 g/mol. The molecule has 0 atom stereocenters. The molecule has 1 saturated heterocycles. The van der Waals surface area contributed by atoms with E-state index in [1.807, 2.05) is 6.07 Å². The third-order valence-electron chi connectivity index (χ3n) is 7.05. The van der Waals surface area contributed by atoms with Crippen LogP contribution in [0.2, 0.25) is 5.02 Å². The van der Waals surface area contributed by atoms with Crippen LogP contribution in [-0.4, -0.2) is 83.0 Å². The Bertz CT molecular complexity index is 1500. The minimum absolute atomic E-state index is 0.271. The van der Waals surface area contributed by atoms with Crippen molar-refractivity contribution in [3.05, 3.63) is 47.1 Å². The van der Waals surface area contributed by atoms with E-state index in [0.29, 0.717) is 47.9 Å². The molecule has 40 heavy (non-hydrogen) atoms. The Morgan fingerprint density at radius 2 is 1.82 bits per heavy atom. The van der Waals surface area contributed by atoms with Crippen LogP contribution in [0.3, 0.4) is 0 Å². The maximum Gasteiger partial charge on any atom is 0.232 e. The van der Waals surface area contributed by atoms with Gasteiger partial charge in [-0.15, -0.1) is 0 Å². The van der Waals surface area contributed by atoms with E-state index in [4.69, 9.17) is 21.1 Å². The van der Waals surface area contributed by atoms with Gasteiger partial charge in [0.25, 0.3) is 0 Å². The Morgan fingerprint density at radius 1 is 1.07 bits per heavy atom. The monoisotopic (exact) mass is 587 g/mol. The van der Waals surface area contributed by atoms with Crippen molar-refractivity contribution in [2.24, 2.45) is 0 Å². The second kappa shape index (κ2) is 11.6. The molecular formula is C27H34ClN7O4S. The number of aromatic nitrogens is 2. The fraction of sp³-hybridized carbons (Fsp3) is 0.407. The van der Waals surface area contributed by atoms with Gasteiger partial charge in [0.1, 0.15) is 23.9 Å². The summed E-state index contributed by atoms with van der Waals surface area (Å²) < 4.78 is 37.6. The second-order valence-electron chi connectivity index (χ2n) is 9.84. The zero-order valence-corrected chi connectivity index (χ0v) is 24.6. The van der Waals surface area contributed by atoms with Crippen LogP contribution in [0.15, 0.2) is 36.5 Å². The normalized spacial score (nSPS) is 15.6. The van der Waals surface area contributed by atoms with Crippen molar-refractivity contribution in [2.45, 2.75) is 13.3 Å². The summed E-state index contributed by atoms with van der Waals surface area (Å²) in [6, 6.07) is 9.72. The number of piperazine rings is 1. The number of nitrogens with zero attached hydrogens (tertiary/aromatic N) is 5. The van der Waals surface area contributed by atoms with E-state index >= 15 is 0 Å². The van der Waals surface area contributed by atoms with Gasteiger partial charge in [-0.05, 0) is 49.4 Å². The fourth-order valence-electron chi connectivity index (χ4n) is 4.75. The number of fused-ring (bicyclic) bond motifs is 1. The van der Waals surface area contributed by atoms with Crippen molar-refractivity contribution in [3.63, 3.8) is 0 Å². The van der Waals surface area contributed by atoms with E-state index in [1.165, 1.54) is 24.5 Å². The molecule has 0 saturated carbocycles. The molecule has 1 fully saturated rings. The Hall–Kier alpha value is -3.48. The van der Waals surface area contributed by atoms with Gasteiger partial charge in [0.2, 0.25) is 16.0 Å². The van der Waals surface area contributed by atoms with Crippen LogP contribution >= 0.6 is 11.6 Å². The van der Waals surface area contributed by atoms with Crippen molar-refractivity contribution in [3.8, 4) is 11.5 Å². The predicted molar refractivity (Wildman–Crippen MR) is 160 cm³/mol. The first-order valence-electron chi connectivity index (χ1n) is 13.1. The molecule has 3 aromatic rings. The summed E-state index contributed by atoms with van der Waals surface area (Å²) >= 11 is 6.47. The number of likely N-dealkylation sites (N-methyl/N-ethyl adjacent to an activating group) is 1. The van der Waals surface area contributed by atoms with Crippen molar-refractivity contribution < 1.29 is 17.9 Å². The summed E-state index contributed by atoms with van der Waals surface area (Å²) in [7, 11) is -0.000694. The molecule has 3 heterocycles. The van der Waals surface area contributed by atoms with Crippen LogP contribution < -0.4 is 29.3 Å². The molecule has 2 aromatic carbocycles. The molecule has 0 amide bonds. The van der Waals surface area contributed by atoms with Crippen LogP contribution in [0.25, 0.3) is 0 Å². The van der Waals surface area contributed by atoms with Crippen LogP contribution in [0.1, 0.15) is 12.5 Å². The summed E-state index contributed by atoms with van der Waals surface area (Å²) in [6.07, 6.45) is 3.52. The van der Waals surface area contributed by atoms with E-state index in [0.717, 1.165) is 48.8 Å². The Morgan fingerprint density at radius 3 is 2.55 bits per heavy atom. The van der Waals surface area contributed by atoms with E-state index < -0.39 is 10.0 Å². The van der Waals surface area contributed by atoms with Gasteiger partial charge in [-0.1, -0.05) is 18.5 Å². The molecule has 2 aliphatic heterocycles. The molecule has 0 aliphatic carbocycles. The molecular weight excluding hydrogens is 554 g/mol. The number of nitrogens with one attached hydrogen (secondary N) is 2. The average Bonchev–Trinajstić information content (AvgIpc) is 2.94. The Labute approximate surface area is 240 Å². The number of hydrogen-bond acceptors (Lipinski definition) is 10. The Kier molecular flexibility index (Phi) is 8.11. The van der Waals surface area contributed by atoms with Crippen molar-refractivity contribution >= 4 is 56.1 Å². The summed E-state index contributed by atoms with van der Waals surface area (Å²) in [5.74, 6) is 1.45. The summed E-state index contributed by atoms with van der Waals surface area (Å²) in [6.45, 7) is 6.93. The first-order chi connectivity index (χ1) is 19.1. The van der Waals surface area contributed by atoms with Crippen LogP contribution in [0.5, 0.6) is 11.5 Å².